The van der Waals surface area contributed by atoms with E-state index in [0.29, 0.717) is 18.0 Å². The Bertz CT molecular complexity index is 189. The summed E-state index contributed by atoms with van der Waals surface area (Å²) in [6.45, 7) is 4.98. The fourth-order valence-corrected chi connectivity index (χ4v) is 2.01. The highest BCUT2D eigenvalue weighted by Crippen LogP contribution is 2.36. The van der Waals surface area contributed by atoms with Crippen LogP contribution in [-0.4, -0.2) is 25.5 Å². The minimum absolute atomic E-state index is 0.0719. The number of hydrogen-bond donors (Lipinski definition) is 2. The zero-order chi connectivity index (χ0) is 9.90. The van der Waals surface area contributed by atoms with Crippen molar-refractivity contribution in [2.24, 2.45) is 5.41 Å². The molecule has 1 amide bonds. The van der Waals surface area contributed by atoms with E-state index in [1.54, 1.807) is 7.05 Å². The molecule has 1 atom stereocenters. The van der Waals surface area contributed by atoms with Crippen molar-refractivity contribution in [1.29, 1.82) is 0 Å². The maximum Gasteiger partial charge on any atom is 0.233 e. The summed E-state index contributed by atoms with van der Waals surface area (Å²) in [5.74, 6) is 0.0719. The lowest BCUT2D eigenvalue weighted by molar-refractivity contribution is -0.119. The molecule has 0 aromatic rings. The SMILES string of the molecule is CNC(=O)CNC1CCCC1(C)C. The van der Waals surface area contributed by atoms with Gasteiger partial charge in [0.2, 0.25) is 5.91 Å². The molecule has 1 aliphatic rings. The second-order valence-corrected chi connectivity index (χ2v) is 4.49. The number of carbonyl (C=O) groups is 1. The molecule has 0 saturated heterocycles. The third kappa shape index (κ3) is 2.69. The molecule has 3 heteroatoms. The molecule has 0 spiro atoms. The van der Waals surface area contributed by atoms with E-state index in [0.717, 1.165) is 0 Å². The standard InChI is InChI=1S/C10H20N2O/c1-10(2)6-4-5-8(10)12-7-9(13)11-3/h8,12H,4-7H2,1-3H3,(H,11,13). The lowest BCUT2D eigenvalue weighted by atomic mass is 9.87. The molecule has 1 aliphatic carbocycles. The molecular formula is C10H20N2O. The summed E-state index contributed by atoms with van der Waals surface area (Å²) in [6.07, 6.45) is 3.74. The summed E-state index contributed by atoms with van der Waals surface area (Å²) in [4.78, 5) is 11.0. The highest BCUT2D eigenvalue weighted by molar-refractivity contribution is 5.77. The lowest BCUT2D eigenvalue weighted by Crippen LogP contribution is -2.42. The van der Waals surface area contributed by atoms with Gasteiger partial charge >= 0.3 is 0 Å². The van der Waals surface area contributed by atoms with Gasteiger partial charge in [-0.3, -0.25) is 4.79 Å². The zero-order valence-corrected chi connectivity index (χ0v) is 8.81. The average Bonchev–Trinajstić information content (AvgIpc) is 2.41. The van der Waals surface area contributed by atoms with Crippen LogP contribution in [0.5, 0.6) is 0 Å². The monoisotopic (exact) mass is 184 g/mol. The molecule has 2 N–H and O–H groups in total. The molecule has 1 rings (SSSR count). The average molecular weight is 184 g/mol. The molecule has 0 aliphatic heterocycles. The van der Waals surface area contributed by atoms with Gasteiger partial charge in [0.05, 0.1) is 6.54 Å². The van der Waals surface area contributed by atoms with Gasteiger partial charge in [-0.15, -0.1) is 0 Å². The predicted octanol–water partition coefficient (Wildman–Crippen LogP) is 0.901. The van der Waals surface area contributed by atoms with Crippen LogP contribution < -0.4 is 10.6 Å². The van der Waals surface area contributed by atoms with Crippen molar-refractivity contribution in [3.8, 4) is 0 Å². The summed E-state index contributed by atoms with van der Waals surface area (Å²) in [7, 11) is 1.67. The fourth-order valence-electron chi connectivity index (χ4n) is 2.01. The second kappa shape index (κ2) is 4.09. The van der Waals surface area contributed by atoms with Crippen molar-refractivity contribution in [1.82, 2.24) is 10.6 Å². The third-order valence-electron chi connectivity index (χ3n) is 3.05. The maximum atomic E-state index is 11.0. The molecule has 0 radical (unpaired) electrons. The molecule has 0 aromatic heterocycles. The third-order valence-corrected chi connectivity index (χ3v) is 3.05. The Hall–Kier alpha value is -0.570. The summed E-state index contributed by atoms with van der Waals surface area (Å²) in [5, 5.41) is 5.93. The Morgan fingerprint density at radius 3 is 2.69 bits per heavy atom. The Morgan fingerprint density at radius 1 is 1.54 bits per heavy atom. The van der Waals surface area contributed by atoms with E-state index >= 15 is 0 Å². The van der Waals surface area contributed by atoms with Crippen LogP contribution in [0.1, 0.15) is 33.1 Å². The number of amides is 1. The molecule has 1 fully saturated rings. The van der Waals surface area contributed by atoms with Crippen molar-refractivity contribution in [2.75, 3.05) is 13.6 Å². The zero-order valence-electron chi connectivity index (χ0n) is 8.81. The smallest absolute Gasteiger partial charge is 0.233 e. The van der Waals surface area contributed by atoms with Crippen LogP contribution in [0, 0.1) is 5.41 Å². The van der Waals surface area contributed by atoms with E-state index < -0.39 is 0 Å². The van der Waals surface area contributed by atoms with Gasteiger partial charge in [0.1, 0.15) is 0 Å². The molecule has 0 heterocycles. The number of rotatable bonds is 3. The van der Waals surface area contributed by atoms with Crippen molar-refractivity contribution in [3.05, 3.63) is 0 Å². The molecule has 3 nitrogen and oxygen atoms in total. The normalized spacial score (nSPS) is 25.9. The maximum absolute atomic E-state index is 11.0. The van der Waals surface area contributed by atoms with Gasteiger partial charge in [-0.25, -0.2) is 0 Å². The van der Waals surface area contributed by atoms with Crippen LogP contribution in [0.25, 0.3) is 0 Å². The minimum atomic E-state index is 0.0719. The quantitative estimate of drug-likeness (QED) is 0.684. The highest BCUT2D eigenvalue weighted by Gasteiger charge is 2.33. The van der Waals surface area contributed by atoms with Gasteiger partial charge in [-0.1, -0.05) is 20.3 Å². The van der Waals surface area contributed by atoms with Gasteiger partial charge in [0.15, 0.2) is 0 Å². The van der Waals surface area contributed by atoms with Crippen LogP contribution >= 0.6 is 0 Å². The first-order chi connectivity index (χ1) is 6.06. The summed E-state index contributed by atoms with van der Waals surface area (Å²) in [6, 6.07) is 0.504. The first-order valence-electron chi connectivity index (χ1n) is 5.00. The lowest BCUT2D eigenvalue weighted by Gasteiger charge is -2.27. The van der Waals surface area contributed by atoms with Crippen LogP contribution in [0.15, 0.2) is 0 Å². The Morgan fingerprint density at radius 2 is 2.23 bits per heavy atom. The largest absolute Gasteiger partial charge is 0.358 e. The molecule has 1 unspecified atom stereocenters. The number of hydrogen-bond acceptors (Lipinski definition) is 2. The summed E-state index contributed by atoms with van der Waals surface area (Å²) >= 11 is 0. The van der Waals surface area contributed by atoms with E-state index in [9.17, 15) is 4.79 Å². The van der Waals surface area contributed by atoms with Crippen molar-refractivity contribution < 1.29 is 4.79 Å². The Kier molecular flexibility index (Phi) is 3.31. The topological polar surface area (TPSA) is 41.1 Å². The van der Waals surface area contributed by atoms with Gasteiger partial charge in [-0.05, 0) is 18.3 Å². The number of likely N-dealkylation sites (N-methyl/N-ethyl adjacent to an activating group) is 1. The van der Waals surface area contributed by atoms with Crippen molar-refractivity contribution in [2.45, 2.75) is 39.2 Å². The highest BCUT2D eigenvalue weighted by atomic mass is 16.1. The van der Waals surface area contributed by atoms with Crippen molar-refractivity contribution >= 4 is 5.91 Å². The number of nitrogens with one attached hydrogen (secondary N) is 2. The van der Waals surface area contributed by atoms with E-state index in [1.807, 2.05) is 0 Å². The van der Waals surface area contributed by atoms with Gasteiger partial charge < -0.3 is 10.6 Å². The van der Waals surface area contributed by atoms with E-state index in [4.69, 9.17) is 0 Å². The van der Waals surface area contributed by atoms with Gasteiger partial charge in [0.25, 0.3) is 0 Å². The van der Waals surface area contributed by atoms with Gasteiger partial charge in [0, 0.05) is 13.1 Å². The Labute approximate surface area is 80.3 Å². The summed E-state index contributed by atoms with van der Waals surface area (Å²) < 4.78 is 0. The van der Waals surface area contributed by atoms with Crippen LogP contribution in [0.3, 0.4) is 0 Å². The van der Waals surface area contributed by atoms with Gasteiger partial charge in [-0.2, -0.15) is 0 Å². The second-order valence-electron chi connectivity index (χ2n) is 4.49. The summed E-state index contributed by atoms with van der Waals surface area (Å²) in [5.41, 5.74) is 0.355. The molecule has 1 saturated carbocycles. The van der Waals surface area contributed by atoms with Crippen LogP contribution in [-0.2, 0) is 4.79 Å². The first kappa shape index (κ1) is 10.5. The van der Waals surface area contributed by atoms with E-state index in [1.165, 1.54) is 19.3 Å². The van der Waals surface area contributed by atoms with Crippen molar-refractivity contribution in [3.63, 3.8) is 0 Å². The van der Waals surface area contributed by atoms with E-state index in [2.05, 4.69) is 24.5 Å². The number of carbonyl (C=O) groups excluding carboxylic acids is 1. The van der Waals surface area contributed by atoms with Crippen LogP contribution in [0.2, 0.25) is 0 Å². The molecule has 0 bridgehead atoms. The van der Waals surface area contributed by atoms with Crippen LogP contribution in [0.4, 0.5) is 0 Å². The fraction of sp³-hybridized carbons (Fsp3) is 0.900. The first-order valence-corrected chi connectivity index (χ1v) is 5.00. The minimum Gasteiger partial charge on any atom is -0.358 e. The predicted molar refractivity (Wildman–Crippen MR) is 53.5 cm³/mol. The molecule has 0 aromatic carbocycles. The van der Waals surface area contributed by atoms with E-state index in [-0.39, 0.29) is 5.91 Å². The Balaban J connectivity index is 2.33. The molecular weight excluding hydrogens is 164 g/mol. The molecule has 13 heavy (non-hydrogen) atoms. The molecule has 76 valence electrons.